The smallest absolute Gasteiger partial charge is 0.0585 e. The molecule has 82 valence electrons. The molecule has 0 amide bonds. The first-order valence-corrected chi connectivity index (χ1v) is 5.68. The van der Waals surface area contributed by atoms with Crippen LogP contribution in [-0.4, -0.2) is 13.2 Å². The van der Waals surface area contributed by atoms with Crippen molar-refractivity contribution in [2.45, 2.75) is 31.7 Å². The molecule has 15 heavy (non-hydrogen) atoms. The van der Waals surface area contributed by atoms with Crippen molar-refractivity contribution in [2.24, 2.45) is 5.73 Å². The molecule has 0 saturated carbocycles. The summed E-state index contributed by atoms with van der Waals surface area (Å²) in [5, 5.41) is 0. The van der Waals surface area contributed by atoms with Crippen molar-refractivity contribution < 1.29 is 4.74 Å². The molecular weight excluding hydrogens is 186 g/mol. The van der Waals surface area contributed by atoms with Crippen LogP contribution in [0.25, 0.3) is 0 Å². The Morgan fingerprint density at radius 2 is 2.20 bits per heavy atom. The summed E-state index contributed by atoms with van der Waals surface area (Å²) in [6.07, 6.45) is 2.41. The highest BCUT2D eigenvalue weighted by atomic mass is 16.5. The quantitative estimate of drug-likeness (QED) is 0.818. The number of benzene rings is 1. The van der Waals surface area contributed by atoms with Crippen LogP contribution < -0.4 is 5.73 Å². The van der Waals surface area contributed by atoms with Crippen LogP contribution in [0.3, 0.4) is 0 Å². The van der Waals surface area contributed by atoms with Crippen LogP contribution in [0.1, 0.15) is 30.9 Å². The van der Waals surface area contributed by atoms with Gasteiger partial charge in [0.1, 0.15) is 0 Å². The molecule has 1 aliphatic rings. The zero-order chi connectivity index (χ0) is 10.7. The van der Waals surface area contributed by atoms with E-state index in [0.29, 0.717) is 6.54 Å². The molecule has 1 fully saturated rings. The summed E-state index contributed by atoms with van der Waals surface area (Å²) in [7, 11) is 0. The van der Waals surface area contributed by atoms with Crippen LogP contribution >= 0.6 is 0 Å². The number of hydrogen-bond acceptors (Lipinski definition) is 2. The average Bonchev–Trinajstić information content (AvgIpc) is 2.23. The molecule has 1 aliphatic heterocycles. The van der Waals surface area contributed by atoms with Crippen molar-refractivity contribution in [2.75, 3.05) is 13.2 Å². The Morgan fingerprint density at radius 3 is 2.73 bits per heavy atom. The minimum atomic E-state index is 0.278. The third-order valence-corrected chi connectivity index (χ3v) is 3.26. The van der Waals surface area contributed by atoms with Crippen LogP contribution in [0.5, 0.6) is 0 Å². The van der Waals surface area contributed by atoms with Crippen molar-refractivity contribution in [1.29, 1.82) is 0 Å². The van der Waals surface area contributed by atoms with Crippen LogP contribution in [0.15, 0.2) is 24.3 Å². The van der Waals surface area contributed by atoms with Crippen LogP contribution in [-0.2, 0) is 16.7 Å². The Balaban J connectivity index is 2.26. The third-order valence-electron chi connectivity index (χ3n) is 3.26. The van der Waals surface area contributed by atoms with Crippen LogP contribution in [0, 0.1) is 0 Å². The van der Waals surface area contributed by atoms with E-state index in [1.165, 1.54) is 24.0 Å². The minimum Gasteiger partial charge on any atom is -0.379 e. The lowest BCUT2D eigenvalue weighted by Gasteiger charge is -2.42. The van der Waals surface area contributed by atoms with Gasteiger partial charge >= 0.3 is 0 Å². The van der Waals surface area contributed by atoms with Crippen molar-refractivity contribution >= 4 is 0 Å². The predicted octanol–water partition coefficient (Wildman–Crippen LogP) is 2.21. The molecular formula is C13H19NO. The molecule has 0 aromatic heterocycles. The lowest BCUT2D eigenvalue weighted by Crippen LogP contribution is -2.46. The van der Waals surface area contributed by atoms with E-state index in [2.05, 4.69) is 31.2 Å². The third kappa shape index (κ3) is 1.92. The molecule has 0 aliphatic carbocycles. The van der Waals surface area contributed by atoms with Gasteiger partial charge in [0.05, 0.1) is 13.2 Å². The van der Waals surface area contributed by atoms with E-state index < -0.39 is 0 Å². The van der Waals surface area contributed by atoms with Gasteiger partial charge in [0.15, 0.2) is 0 Å². The highest BCUT2D eigenvalue weighted by Crippen LogP contribution is 2.36. The fourth-order valence-electron chi connectivity index (χ4n) is 2.31. The van der Waals surface area contributed by atoms with Crippen LogP contribution in [0.2, 0.25) is 0 Å². The van der Waals surface area contributed by atoms with Gasteiger partial charge in [-0.1, -0.05) is 37.6 Å². The first kappa shape index (κ1) is 10.7. The maximum Gasteiger partial charge on any atom is 0.0585 e. The molecule has 1 aromatic carbocycles. The van der Waals surface area contributed by atoms with Gasteiger partial charge in [-0.3, -0.25) is 0 Å². The maximum atomic E-state index is 5.66. The topological polar surface area (TPSA) is 35.2 Å². The van der Waals surface area contributed by atoms with Crippen molar-refractivity contribution in [1.82, 2.24) is 0 Å². The first-order valence-electron chi connectivity index (χ1n) is 5.68. The molecule has 1 heterocycles. The van der Waals surface area contributed by atoms with Crippen LogP contribution in [0.4, 0.5) is 0 Å². The largest absolute Gasteiger partial charge is 0.379 e. The lowest BCUT2D eigenvalue weighted by atomic mass is 9.75. The van der Waals surface area contributed by atoms with Gasteiger partial charge in [-0.05, 0) is 17.5 Å². The number of nitrogens with two attached hydrogens (primary N) is 1. The molecule has 2 rings (SSSR count). The molecule has 1 aromatic rings. The fourth-order valence-corrected chi connectivity index (χ4v) is 2.31. The van der Waals surface area contributed by atoms with E-state index >= 15 is 0 Å². The molecule has 2 nitrogen and oxygen atoms in total. The summed E-state index contributed by atoms with van der Waals surface area (Å²) in [6, 6.07) is 8.63. The molecule has 1 saturated heterocycles. The molecule has 0 unspecified atom stereocenters. The second-order valence-corrected chi connectivity index (χ2v) is 4.43. The SMILES string of the molecule is CCCC1(c2cccc(CN)c2)COC1. The number of hydrogen-bond donors (Lipinski definition) is 1. The van der Waals surface area contributed by atoms with Gasteiger partial charge in [0.2, 0.25) is 0 Å². The van der Waals surface area contributed by atoms with Crippen molar-refractivity contribution in [3.63, 3.8) is 0 Å². The highest BCUT2D eigenvalue weighted by Gasteiger charge is 2.39. The second kappa shape index (κ2) is 4.33. The summed E-state index contributed by atoms with van der Waals surface area (Å²) in [6.45, 7) is 4.59. The highest BCUT2D eigenvalue weighted by molar-refractivity contribution is 5.32. The number of ether oxygens (including phenoxy) is 1. The summed E-state index contributed by atoms with van der Waals surface area (Å²) >= 11 is 0. The van der Waals surface area contributed by atoms with E-state index in [0.717, 1.165) is 13.2 Å². The monoisotopic (exact) mass is 205 g/mol. The van der Waals surface area contributed by atoms with Crippen molar-refractivity contribution in [3.05, 3.63) is 35.4 Å². The summed E-state index contributed by atoms with van der Waals surface area (Å²) in [5.74, 6) is 0. The molecule has 2 N–H and O–H groups in total. The summed E-state index contributed by atoms with van der Waals surface area (Å²) < 4.78 is 5.39. The standard InChI is InChI=1S/C13H19NO/c1-2-6-13(9-15-10-13)12-5-3-4-11(7-12)8-14/h3-5,7H,2,6,8-10,14H2,1H3. The normalized spacial score (nSPS) is 18.5. The second-order valence-electron chi connectivity index (χ2n) is 4.43. The van der Waals surface area contributed by atoms with E-state index in [1.807, 2.05) is 0 Å². The van der Waals surface area contributed by atoms with E-state index in [4.69, 9.17) is 10.5 Å². The Morgan fingerprint density at radius 1 is 1.40 bits per heavy atom. The van der Waals surface area contributed by atoms with E-state index in [-0.39, 0.29) is 5.41 Å². The first-order chi connectivity index (χ1) is 7.30. The Labute approximate surface area is 91.4 Å². The number of rotatable bonds is 4. The Kier molecular flexibility index (Phi) is 3.08. The van der Waals surface area contributed by atoms with Gasteiger partial charge in [0.25, 0.3) is 0 Å². The average molecular weight is 205 g/mol. The van der Waals surface area contributed by atoms with Gasteiger partial charge in [-0.2, -0.15) is 0 Å². The zero-order valence-corrected chi connectivity index (χ0v) is 9.33. The Bertz CT molecular complexity index is 331. The molecule has 2 heteroatoms. The maximum absolute atomic E-state index is 5.66. The van der Waals surface area contributed by atoms with Gasteiger partial charge in [0, 0.05) is 12.0 Å². The molecule has 0 spiro atoms. The van der Waals surface area contributed by atoms with Gasteiger partial charge in [-0.15, -0.1) is 0 Å². The van der Waals surface area contributed by atoms with Gasteiger partial charge in [-0.25, -0.2) is 0 Å². The fraction of sp³-hybridized carbons (Fsp3) is 0.538. The minimum absolute atomic E-state index is 0.278. The summed E-state index contributed by atoms with van der Waals surface area (Å²) in [5.41, 5.74) is 8.56. The zero-order valence-electron chi connectivity index (χ0n) is 9.33. The Hall–Kier alpha value is -0.860. The summed E-state index contributed by atoms with van der Waals surface area (Å²) in [4.78, 5) is 0. The van der Waals surface area contributed by atoms with Crippen molar-refractivity contribution in [3.8, 4) is 0 Å². The van der Waals surface area contributed by atoms with E-state index in [9.17, 15) is 0 Å². The molecule has 0 bridgehead atoms. The predicted molar refractivity (Wildman–Crippen MR) is 61.7 cm³/mol. The lowest BCUT2D eigenvalue weighted by molar-refractivity contribution is -0.0646. The molecule has 0 atom stereocenters. The van der Waals surface area contributed by atoms with Gasteiger partial charge < -0.3 is 10.5 Å². The molecule has 0 radical (unpaired) electrons. The van der Waals surface area contributed by atoms with E-state index in [1.54, 1.807) is 0 Å².